The van der Waals surface area contributed by atoms with Gasteiger partial charge in [0.15, 0.2) is 0 Å². The van der Waals surface area contributed by atoms with Gasteiger partial charge in [-0.2, -0.15) is 26.3 Å². The van der Waals surface area contributed by atoms with Crippen LogP contribution in [0.3, 0.4) is 0 Å². The van der Waals surface area contributed by atoms with Crippen LogP contribution in [0.5, 0.6) is 0 Å². The Balaban J connectivity index is 3.53. The van der Waals surface area contributed by atoms with Crippen molar-refractivity contribution in [2.45, 2.75) is 19.0 Å². The van der Waals surface area contributed by atoms with Crippen LogP contribution in [0.15, 0.2) is 12.1 Å². The molecule has 0 spiro atoms. The molecule has 0 aliphatic carbocycles. The van der Waals surface area contributed by atoms with Crippen LogP contribution >= 0.6 is 22.6 Å². The highest BCUT2D eigenvalue weighted by Gasteiger charge is 2.40. The molecule has 0 fully saturated rings. The number of aliphatic hydroxyl groups excluding tert-OH is 1. The van der Waals surface area contributed by atoms with Crippen LogP contribution in [0.4, 0.5) is 26.3 Å². The van der Waals surface area contributed by atoms with Crippen molar-refractivity contribution in [1.82, 2.24) is 0 Å². The van der Waals surface area contributed by atoms with Gasteiger partial charge in [0.05, 0.1) is 17.7 Å². The average molecular weight is 370 g/mol. The summed E-state index contributed by atoms with van der Waals surface area (Å²) in [4.78, 5) is 0. The number of halogens is 7. The van der Waals surface area contributed by atoms with Crippen LogP contribution in [-0.4, -0.2) is 5.11 Å². The molecule has 0 unspecified atom stereocenters. The highest BCUT2D eigenvalue weighted by atomic mass is 127. The molecule has 1 N–H and O–H groups in total. The average Bonchev–Trinajstić information content (AvgIpc) is 2.14. The molecule has 0 saturated heterocycles. The number of aliphatic hydroxyl groups is 1. The van der Waals surface area contributed by atoms with Crippen molar-refractivity contribution in [3.8, 4) is 0 Å². The van der Waals surface area contributed by atoms with E-state index in [1.807, 2.05) is 0 Å². The van der Waals surface area contributed by atoms with E-state index in [0.29, 0.717) is 12.1 Å². The lowest BCUT2D eigenvalue weighted by Crippen LogP contribution is -2.15. The normalized spacial score (nSPS) is 12.9. The molecule has 0 aliphatic rings. The molecule has 0 radical (unpaired) electrons. The topological polar surface area (TPSA) is 20.2 Å². The van der Waals surface area contributed by atoms with Crippen LogP contribution in [0.25, 0.3) is 0 Å². The molecule has 0 heterocycles. The van der Waals surface area contributed by atoms with Gasteiger partial charge in [0, 0.05) is 3.57 Å². The predicted molar refractivity (Wildman–Crippen MR) is 55.1 cm³/mol. The summed E-state index contributed by atoms with van der Waals surface area (Å²) < 4.78 is 74.0. The number of rotatable bonds is 1. The minimum absolute atomic E-state index is 0.426. The Morgan fingerprint density at radius 2 is 1.29 bits per heavy atom. The zero-order chi connectivity index (χ0) is 13.4. The first-order chi connectivity index (χ1) is 7.57. The highest BCUT2D eigenvalue weighted by Crippen LogP contribution is 2.40. The van der Waals surface area contributed by atoms with Gasteiger partial charge in [0.25, 0.3) is 0 Å². The number of hydrogen-bond acceptors (Lipinski definition) is 1. The minimum Gasteiger partial charge on any atom is -0.392 e. The van der Waals surface area contributed by atoms with E-state index in [9.17, 15) is 26.3 Å². The van der Waals surface area contributed by atoms with Gasteiger partial charge in [0.2, 0.25) is 0 Å². The first-order valence-electron chi connectivity index (χ1n) is 4.15. The van der Waals surface area contributed by atoms with Crippen molar-refractivity contribution in [3.05, 3.63) is 32.4 Å². The molecule has 96 valence electrons. The SMILES string of the molecule is OCc1cc(C(F)(F)F)c(I)c(C(F)(F)F)c1. The Hall–Kier alpha value is -0.510. The standard InChI is InChI=1S/C9H5F6IO/c10-8(11,12)5-1-4(3-17)2-6(7(5)16)9(13,14)15/h1-2,17H,3H2. The Labute approximate surface area is 106 Å². The molecule has 0 saturated carbocycles. The molecule has 1 rings (SSSR count). The molecule has 17 heavy (non-hydrogen) atoms. The van der Waals surface area contributed by atoms with E-state index in [1.165, 1.54) is 0 Å². The largest absolute Gasteiger partial charge is 0.417 e. The maximum atomic E-state index is 12.5. The molecular weight excluding hydrogens is 365 g/mol. The van der Waals surface area contributed by atoms with Gasteiger partial charge in [-0.15, -0.1) is 0 Å². The fourth-order valence-corrected chi connectivity index (χ4v) is 2.11. The molecule has 0 aromatic heterocycles. The fraction of sp³-hybridized carbons (Fsp3) is 0.333. The molecule has 0 amide bonds. The second-order valence-electron chi connectivity index (χ2n) is 3.16. The summed E-state index contributed by atoms with van der Waals surface area (Å²) in [6.07, 6.45) is -9.77. The minimum atomic E-state index is -4.89. The van der Waals surface area contributed by atoms with E-state index < -0.39 is 39.2 Å². The lowest BCUT2D eigenvalue weighted by Gasteiger charge is -2.16. The second kappa shape index (κ2) is 4.63. The Morgan fingerprint density at radius 3 is 1.53 bits per heavy atom. The number of alkyl halides is 6. The molecule has 0 aliphatic heterocycles. The monoisotopic (exact) mass is 370 g/mol. The molecule has 1 aromatic rings. The third-order valence-corrected chi connectivity index (χ3v) is 3.09. The van der Waals surface area contributed by atoms with Crippen molar-refractivity contribution in [2.75, 3.05) is 0 Å². The molecule has 1 aromatic carbocycles. The zero-order valence-electron chi connectivity index (χ0n) is 7.95. The smallest absolute Gasteiger partial charge is 0.392 e. The van der Waals surface area contributed by atoms with Gasteiger partial charge in [-0.3, -0.25) is 0 Å². The lowest BCUT2D eigenvalue weighted by atomic mass is 10.1. The third kappa shape index (κ3) is 3.24. The predicted octanol–water partition coefficient (Wildman–Crippen LogP) is 3.82. The van der Waals surface area contributed by atoms with Gasteiger partial charge in [-0.1, -0.05) is 0 Å². The van der Waals surface area contributed by atoms with Gasteiger partial charge in [0.1, 0.15) is 0 Å². The maximum Gasteiger partial charge on any atom is 0.417 e. The summed E-state index contributed by atoms with van der Waals surface area (Å²) in [5, 5.41) is 8.67. The Bertz CT molecular complexity index is 387. The lowest BCUT2D eigenvalue weighted by molar-refractivity contribution is -0.144. The fourth-order valence-electron chi connectivity index (χ4n) is 1.19. The number of hydrogen-bond donors (Lipinski definition) is 1. The summed E-state index contributed by atoms with van der Waals surface area (Å²) in [6.45, 7) is -0.886. The van der Waals surface area contributed by atoms with Crippen molar-refractivity contribution in [2.24, 2.45) is 0 Å². The molecule has 0 bridgehead atoms. The molecule has 1 nitrogen and oxygen atoms in total. The van der Waals surface area contributed by atoms with Gasteiger partial charge in [-0.05, 0) is 40.3 Å². The van der Waals surface area contributed by atoms with Gasteiger partial charge < -0.3 is 5.11 Å². The van der Waals surface area contributed by atoms with Crippen LogP contribution in [-0.2, 0) is 19.0 Å². The van der Waals surface area contributed by atoms with Crippen LogP contribution in [0.2, 0.25) is 0 Å². The summed E-state index contributed by atoms with van der Waals surface area (Å²) in [5.74, 6) is 0. The number of benzene rings is 1. The highest BCUT2D eigenvalue weighted by molar-refractivity contribution is 14.1. The Morgan fingerprint density at radius 1 is 0.941 bits per heavy atom. The van der Waals surface area contributed by atoms with E-state index in [-0.39, 0.29) is 0 Å². The summed E-state index contributed by atoms with van der Waals surface area (Å²) in [5.41, 5.74) is -3.21. The molecule has 0 atom stereocenters. The van der Waals surface area contributed by atoms with Crippen molar-refractivity contribution < 1.29 is 31.4 Å². The van der Waals surface area contributed by atoms with Crippen LogP contribution < -0.4 is 0 Å². The molecule has 8 heteroatoms. The van der Waals surface area contributed by atoms with Gasteiger partial charge >= 0.3 is 12.4 Å². The third-order valence-electron chi connectivity index (χ3n) is 1.93. The Kier molecular flexibility index (Phi) is 3.97. The first-order valence-corrected chi connectivity index (χ1v) is 5.23. The first kappa shape index (κ1) is 14.6. The van der Waals surface area contributed by atoms with Crippen molar-refractivity contribution in [3.63, 3.8) is 0 Å². The summed E-state index contributed by atoms with van der Waals surface area (Å²) in [6, 6.07) is 1.02. The van der Waals surface area contributed by atoms with Crippen LogP contribution in [0.1, 0.15) is 16.7 Å². The van der Waals surface area contributed by atoms with Gasteiger partial charge in [-0.25, -0.2) is 0 Å². The summed E-state index contributed by atoms with van der Waals surface area (Å²) >= 11 is 1.00. The van der Waals surface area contributed by atoms with E-state index >= 15 is 0 Å². The maximum absolute atomic E-state index is 12.5. The molecular formula is C9H5F6IO. The van der Waals surface area contributed by atoms with Crippen molar-refractivity contribution in [1.29, 1.82) is 0 Å². The zero-order valence-corrected chi connectivity index (χ0v) is 10.1. The summed E-state index contributed by atoms with van der Waals surface area (Å²) in [7, 11) is 0. The van der Waals surface area contributed by atoms with E-state index in [0.717, 1.165) is 22.6 Å². The van der Waals surface area contributed by atoms with E-state index in [1.54, 1.807) is 0 Å². The van der Waals surface area contributed by atoms with E-state index in [4.69, 9.17) is 5.11 Å². The quantitative estimate of drug-likeness (QED) is 0.589. The van der Waals surface area contributed by atoms with Crippen molar-refractivity contribution >= 4 is 22.6 Å². The van der Waals surface area contributed by atoms with Crippen LogP contribution in [0, 0.1) is 3.57 Å². The van der Waals surface area contributed by atoms with E-state index in [2.05, 4.69) is 0 Å². The second-order valence-corrected chi connectivity index (χ2v) is 4.24.